The van der Waals surface area contributed by atoms with Gasteiger partial charge in [0.1, 0.15) is 0 Å². The van der Waals surface area contributed by atoms with Gasteiger partial charge in [0.2, 0.25) is 0 Å². The first kappa shape index (κ1) is 21.2. The van der Waals surface area contributed by atoms with Gasteiger partial charge in [-0.05, 0) is 62.6 Å². The van der Waals surface area contributed by atoms with E-state index < -0.39 is 5.97 Å². The van der Waals surface area contributed by atoms with Crippen molar-refractivity contribution in [2.45, 2.75) is 40.3 Å². The normalized spacial score (nSPS) is 11.0. The summed E-state index contributed by atoms with van der Waals surface area (Å²) in [5.41, 5.74) is 6.68. The molecule has 0 spiro atoms. The minimum Gasteiger partial charge on any atom is -0.478 e. The van der Waals surface area contributed by atoms with Crippen molar-refractivity contribution in [1.29, 1.82) is 0 Å². The number of halogens is 1. The minimum absolute atomic E-state index is 0.412. The van der Waals surface area contributed by atoms with Crippen LogP contribution < -0.4 is 5.32 Å². The molecule has 4 nitrogen and oxygen atoms in total. The number of carboxylic acids is 1. The highest BCUT2D eigenvalue weighted by Gasteiger charge is 2.22. The summed E-state index contributed by atoms with van der Waals surface area (Å²) in [5.74, 6) is -0.872. The van der Waals surface area contributed by atoms with Crippen LogP contribution in [0, 0.1) is 20.8 Å². The molecule has 5 heteroatoms. The number of aryl methyl sites for hydroxylation is 1. The summed E-state index contributed by atoms with van der Waals surface area (Å²) in [6.07, 6.45) is 0.863. The number of nitrogens with zero attached hydrogens (tertiary/aromatic N) is 1. The Morgan fingerprint density at radius 1 is 1.03 bits per heavy atom. The third-order valence-electron chi connectivity index (χ3n) is 5.52. The Kier molecular flexibility index (Phi) is 6.78. The Hall–Kier alpha value is -2.56. The first-order valence-corrected chi connectivity index (χ1v) is 10.2. The molecule has 2 aromatic carbocycles. The number of aromatic nitrogens is 1. The molecule has 29 heavy (non-hydrogen) atoms. The molecule has 0 unspecified atom stereocenters. The first-order valence-electron chi connectivity index (χ1n) is 9.80. The molecular weight excluding hydrogens is 384 g/mol. The van der Waals surface area contributed by atoms with Crippen LogP contribution in [0.5, 0.6) is 0 Å². The summed E-state index contributed by atoms with van der Waals surface area (Å²) < 4.78 is 2.11. The Labute approximate surface area is 177 Å². The van der Waals surface area contributed by atoms with Gasteiger partial charge in [-0.15, -0.1) is 0 Å². The van der Waals surface area contributed by atoms with Gasteiger partial charge in [-0.3, -0.25) is 0 Å². The second-order valence-corrected chi connectivity index (χ2v) is 7.83. The summed E-state index contributed by atoms with van der Waals surface area (Å²) in [4.78, 5) is 12.0. The van der Waals surface area contributed by atoms with E-state index in [1.807, 2.05) is 50.2 Å². The van der Waals surface area contributed by atoms with Crippen LogP contribution in [0.3, 0.4) is 0 Å². The highest BCUT2D eigenvalue weighted by atomic mass is 35.5. The molecule has 1 aromatic heterocycles. The zero-order valence-electron chi connectivity index (χ0n) is 17.1. The molecule has 0 amide bonds. The van der Waals surface area contributed by atoms with Gasteiger partial charge in [-0.25, -0.2) is 4.79 Å². The average molecular weight is 411 g/mol. The molecule has 0 radical (unpaired) electrons. The Bertz CT molecular complexity index is 1010. The second kappa shape index (κ2) is 9.29. The number of aromatic carboxylic acids is 1. The maximum atomic E-state index is 12.0. The van der Waals surface area contributed by atoms with Crippen molar-refractivity contribution in [1.82, 2.24) is 9.88 Å². The van der Waals surface area contributed by atoms with Crippen LogP contribution >= 0.6 is 11.6 Å². The van der Waals surface area contributed by atoms with Gasteiger partial charge < -0.3 is 15.0 Å². The van der Waals surface area contributed by atoms with E-state index in [0.717, 1.165) is 34.9 Å². The van der Waals surface area contributed by atoms with E-state index in [2.05, 4.69) is 28.9 Å². The molecule has 3 aromatic rings. The minimum atomic E-state index is -0.872. The molecule has 1 heterocycles. The van der Waals surface area contributed by atoms with E-state index in [0.29, 0.717) is 18.7 Å². The van der Waals surface area contributed by atoms with Crippen molar-refractivity contribution in [3.05, 3.63) is 92.8 Å². The molecule has 0 saturated heterocycles. The van der Waals surface area contributed by atoms with Gasteiger partial charge in [0.05, 0.1) is 5.56 Å². The molecule has 0 bridgehead atoms. The van der Waals surface area contributed by atoms with Crippen molar-refractivity contribution in [2.75, 3.05) is 6.54 Å². The number of carboxylic acid groups (broad SMARTS) is 1. The highest BCUT2D eigenvalue weighted by Crippen LogP contribution is 2.24. The average Bonchev–Trinajstić information content (AvgIpc) is 2.92. The highest BCUT2D eigenvalue weighted by molar-refractivity contribution is 6.30. The van der Waals surface area contributed by atoms with E-state index in [4.69, 9.17) is 11.6 Å². The Morgan fingerprint density at radius 2 is 1.72 bits per heavy atom. The lowest BCUT2D eigenvalue weighted by molar-refractivity contribution is 0.0694. The van der Waals surface area contributed by atoms with E-state index in [1.165, 1.54) is 16.7 Å². The SMILES string of the molecule is Cc1ccccc1Cn1c(C)c(CNCCc2ccc(Cl)cc2)c(C(=O)O)c1C. The van der Waals surface area contributed by atoms with Crippen LogP contribution in [-0.2, 0) is 19.5 Å². The maximum Gasteiger partial charge on any atom is 0.337 e. The second-order valence-electron chi connectivity index (χ2n) is 7.40. The summed E-state index contributed by atoms with van der Waals surface area (Å²) >= 11 is 5.93. The molecule has 0 aliphatic heterocycles. The molecule has 0 saturated carbocycles. The molecule has 2 N–H and O–H groups in total. The van der Waals surface area contributed by atoms with Crippen LogP contribution in [0.1, 0.15) is 44.0 Å². The van der Waals surface area contributed by atoms with Crippen molar-refractivity contribution >= 4 is 17.6 Å². The predicted octanol–water partition coefficient (Wildman–Crippen LogP) is 5.15. The topological polar surface area (TPSA) is 54.3 Å². The summed E-state index contributed by atoms with van der Waals surface area (Å²) in [5, 5.41) is 13.9. The summed E-state index contributed by atoms with van der Waals surface area (Å²) in [6.45, 7) is 7.96. The number of hydrogen-bond acceptors (Lipinski definition) is 2. The third kappa shape index (κ3) is 4.89. The van der Waals surface area contributed by atoms with Crippen LogP contribution in [0.4, 0.5) is 0 Å². The standard InChI is InChI=1S/C24H27ClN2O2/c1-16-6-4-5-7-20(16)15-27-17(2)22(23(18(27)3)24(28)29)14-26-13-12-19-8-10-21(25)11-9-19/h4-11,26H,12-15H2,1-3H3,(H,28,29). The van der Waals surface area contributed by atoms with Gasteiger partial charge >= 0.3 is 5.97 Å². The van der Waals surface area contributed by atoms with Crippen LogP contribution in [0.25, 0.3) is 0 Å². The first-order chi connectivity index (χ1) is 13.9. The third-order valence-corrected chi connectivity index (χ3v) is 5.77. The van der Waals surface area contributed by atoms with Crippen molar-refractivity contribution < 1.29 is 9.90 Å². The smallest absolute Gasteiger partial charge is 0.337 e. The van der Waals surface area contributed by atoms with Gasteiger partial charge in [-0.1, -0.05) is 48.0 Å². The molecule has 152 valence electrons. The molecule has 0 atom stereocenters. The van der Waals surface area contributed by atoms with Crippen LogP contribution in [0.2, 0.25) is 5.02 Å². The molecular formula is C24H27ClN2O2. The lowest BCUT2D eigenvalue weighted by Crippen LogP contribution is -2.18. The van der Waals surface area contributed by atoms with Crippen molar-refractivity contribution in [3.63, 3.8) is 0 Å². The van der Waals surface area contributed by atoms with Crippen molar-refractivity contribution in [2.24, 2.45) is 0 Å². The van der Waals surface area contributed by atoms with E-state index in [9.17, 15) is 9.90 Å². The zero-order valence-corrected chi connectivity index (χ0v) is 17.9. The molecule has 3 rings (SSSR count). The van der Waals surface area contributed by atoms with Gasteiger partial charge in [0.25, 0.3) is 0 Å². The molecule has 0 aliphatic rings. The number of nitrogens with one attached hydrogen (secondary N) is 1. The van der Waals surface area contributed by atoms with Gasteiger partial charge in [-0.2, -0.15) is 0 Å². The lowest BCUT2D eigenvalue weighted by atomic mass is 10.1. The largest absolute Gasteiger partial charge is 0.478 e. The number of hydrogen-bond donors (Lipinski definition) is 2. The summed E-state index contributed by atoms with van der Waals surface area (Å²) in [6, 6.07) is 16.0. The Morgan fingerprint density at radius 3 is 2.38 bits per heavy atom. The fraction of sp³-hybridized carbons (Fsp3) is 0.292. The van der Waals surface area contributed by atoms with E-state index >= 15 is 0 Å². The van der Waals surface area contributed by atoms with Gasteiger partial charge in [0, 0.05) is 35.1 Å². The van der Waals surface area contributed by atoms with E-state index in [-0.39, 0.29) is 0 Å². The van der Waals surface area contributed by atoms with Gasteiger partial charge in [0.15, 0.2) is 0 Å². The molecule has 0 fully saturated rings. The van der Waals surface area contributed by atoms with E-state index in [1.54, 1.807) is 0 Å². The summed E-state index contributed by atoms with van der Waals surface area (Å²) in [7, 11) is 0. The number of benzene rings is 2. The predicted molar refractivity (Wildman–Crippen MR) is 118 cm³/mol. The van der Waals surface area contributed by atoms with Crippen molar-refractivity contribution in [3.8, 4) is 0 Å². The number of carbonyl (C=O) groups is 1. The lowest BCUT2D eigenvalue weighted by Gasteiger charge is -2.12. The Balaban J connectivity index is 1.76. The fourth-order valence-corrected chi connectivity index (χ4v) is 3.87. The maximum absolute atomic E-state index is 12.0. The zero-order chi connectivity index (χ0) is 21.0. The number of rotatable bonds is 8. The van der Waals surface area contributed by atoms with Crippen LogP contribution in [-0.4, -0.2) is 22.2 Å². The fourth-order valence-electron chi connectivity index (χ4n) is 3.74. The monoisotopic (exact) mass is 410 g/mol. The quantitative estimate of drug-likeness (QED) is 0.505. The van der Waals surface area contributed by atoms with Crippen LogP contribution in [0.15, 0.2) is 48.5 Å². The molecule has 0 aliphatic carbocycles.